The molecule has 1 amide bonds. The molecular weight excluding hydrogens is 238 g/mol. The van der Waals surface area contributed by atoms with E-state index in [1.54, 1.807) is 12.1 Å². The van der Waals surface area contributed by atoms with Gasteiger partial charge in [0.05, 0.1) is 4.90 Å². The zero-order chi connectivity index (χ0) is 13.1. The van der Waals surface area contributed by atoms with Crippen molar-refractivity contribution >= 4 is 21.4 Å². The molecule has 1 N–H and O–H groups in total. The predicted octanol–water partition coefficient (Wildman–Crippen LogP) is 1.99. The minimum absolute atomic E-state index is 0.188. The van der Waals surface area contributed by atoms with Crippen LogP contribution in [-0.2, 0) is 14.6 Å². The van der Waals surface area contributed by atoms with Gasteiger partial charge in [0, 0.05) is 18.0 Å². The minimum atomic E-state index is -3.25. The Bertz CT molecular complexity index is 555. The molecule has 0 unspecified atom stereocenters. The molecule has 92 valence electrons. The number of nitrogens with one attached hydrogen (secondary N) is 1. The molecule has 1 rings (SSSR count). The molecule has 0 saturated carbocycles. The first kappa shape index (κ1) is 13.4. The molecule has 0 spiro atoms. The van der Waals surface area contributed by atoms with Crippen molar-refractivity contribution in [2.45, 2.75) is 18.7 Å². The van der Waals surface area contributed by atoms with E-state index in [9.17, 15) is 13.2 Å². The Morgan fingerprint density at radius 2 is 1.94 bits per heavy atom. The van der Waals surface area contributed by atoms with Gasteiger partial charge in [0.25, 0.3) is 0 Å². The van der Waals surface area contributed by atoms with E-state index in [0.29, 0.717) is 5.69 Å². The van der Waals surface area contributed by atoms with E-state index in [-0.39, 0.29) is 10.8 Å². The summed E-state index contributed by atoms with van der Waals surface area (Å²) in [6, 6.07) is 6.16. The Morgan fingerprint density at radius 3 is 2.47 bits per heavy atom. The Hall–Kier alpha value is -1.62. The average molecular weight is 253 g/mol. The number of carbonyl (C=O) groups is 1. The molecular formula is C12H15NO3S. The molecule has 0 aliphatic heterocycles. The molecule has 0 radical (unpaired) electrons. The number of allylic oxidation sites excluding steroid dienone is 1. The van der Waals surface area contributed by atoms with Crippen LogP contribution >= 0.6 is 0 Å². The Labute approximate surface area is 101 Å². The van der Waals surface area contributed by atoms with E-state index >= 15 is 0 Å². The fraction of sp³-hybridized carbons (Fsp3) is 0.250. The van der Waals surface area contributed by atoms with Crippen LogP contribution in [-0.4, -0.2) is 20.6 Å². The van der Waals surface area contributed by atoms with Crippen molar-refractivity contribution in [3.05, 3.63) is 35.9 Å². The van der Waals surface area contributed by atoms with Crippen molar-refractivity contribution in [1.82, 2.24) is 0 Å². The highest BCUT2D eigenvalue weighted by molar-refractivity contribution is 7.90. The first-order valence-corrected chi connectivity index (χ1v) is 6.94. The Kier molecular flexibility index (Phi) is 4.07. The van der Waals surface area contributed by atoms with Gasteiger partial charge in [-0.3, -0.25) is 4.79 Å². The van der Waals surface area contributed by atoms with Gasteiger partial charge in [0.15, 0.2) is 9.84 Å². The summed E-state index contributed by atoms with van der Waals surface area (Å²) in [4.78, 5) is 11.6. The summed E-state index contributed by atoms with van der Waals surface area (Å²) in [5.41, 5.74) is 1.34. The number of hydrogen-bond donors (Lipinski definition) is 1. The van der Waals surface area contributed by atoms with Crippen LogP contribution < -0.4 is 5.32 Å². The standard InChI is InChI=1S/C12H15NO3S/c1-9(2)7-12(14)13-10-5-4-6-11(8-10)17(3,15)16/h4-8H,1-3H3,(H,13,14). The van der Waals surface area contributed by atoms with Gasteiger partial charge in [0.2, 0.25) is 5.91 Å². The first-order chi connectivity index (χ1) is 7.79. The quantitative estimate of drug-likeness (QED) is 0.838. The van der Waals surface area contributed by atoms with Crippen LogP contribution in [0.25, 0.3) is 0 Å². The van der Waals surface area contributed by atoms with Crippen molar-refractivity contribution in [3.63, 3.8) is 0 Å². The summed E-state index contributed by atoms with van der Waals surface area (Å²) in [6.45, 7) is 3.62. The monoisotopic (exact) mass is 253 g/mol. The van der Waals surface area contributed by atoms with Crippen molar-refractivity contribution in [2.75, 3.05) is 11.6 Å². The summed E-state index contributed by atoms with van der Waals surface area (Å²) in [5, 5.41) is 2.61. The summed E-state index contributed by atoms with van der Waals surface area (Å²) < 4.78 is 22.6. The third kappa shape index (κ3) is 4.40. The maximum atomic E-state index is 11.4. The largest absolute Gasteiger partial charge is 0.322 e. The number of rotatable bonds is 3. The fourth-order valence-electron chi connectivity index (χ4n) is 1.25. The Morgan fingerprint density at radius 1 is 1.29 bits per heavy atom. The number of amides is 1. The molecule has 0 saturated heterocycles. The SMILES string of the molecule is CC(C)=CC(=O)Nc1cccc(S(C)(=O)=O)c1. The lowest BCUT2D eigenvalue weighted by Gasteiger charge is -2.04. The molecule has 0 aliphatic rings. The molecule has 0 atom stereocenters. The predicted molar refractivity (Wildman–Crippen MR) is 67.6 cm³/mol. The van der Waals surface area contributed by atoms with Gasteiger partial charge in [-0.2, -0.15) is 0 Å². The van der Waals surface area contributed by atoms with Crippen LogP contribution in [0.2, 0.25) is 0 Å². The van der Waals surface area contributed by atoms with E-state index in [4.69, 9.17) is 0 Å². The highest BCUT2D eigenvalue weighted by Crippen LogP contribution is 2.15. The fourth-order valence-corrected chi connectivity index (χ4v) is 1.91. The molecule has 0 aliphatic carbocycles. The van der Waals surface area contributed by atoms with E-state index in [2.05, 4.69) is 5.32 Å². The average Bonchev–Trinajstić information content (AvgIpc) is 2.15. The molecule has 17 heavy (non-hydrogen) atoms. The van der Waals surface area contributed by atoms with Gasteiger partial charge in [-0.25, -0.2) is 8.42 Å². The highest BCUT2D eigenvalue weighted by Gasteiger charge is 2.07. The highest BCUT2D eigenvalue weighted by atomic mass is 32.2. The molecule has 4 nitrogen and oxygen atoms in total. The smallest absolute Gasteiger partial charge is 0.248 e. The van der Waals surface area contributed by atoms with Crippen molar-refractivity contribution in [1.29, 1.82) is 0 Å². The lowest BCUT2D eigenvalue weighted by Crippen LogP contribution is -2.09. The number of sulfone groups is 1. The molecule has 0 fully saturated rings. The van der Waals surface area contributed by atoms with Crippen molar-refractivity contribution in [3.8, 4) is 0 Å². The second kappa shape index (κ2) is 5.14. The lowest BCUT2D eigenvalue weighted by atomic mass is 10.3. The zero-order valence-electron chi connectivity index (χ0n) is 10.0. The van der Waals surface area contributed by atoms with E-state index in [0.717, 1.165) is 11.8 Å². The van der Waals surface area contributed by atoms with Crippen molar-refractivity contribution < 1.29 is 13.2 Å². The lowest BCUT2D eigenvalue weighted by molar-refractivity contribution is -0.111. The summed E-state index contributed by atoms with van der Waals surface area (Å²) >= 11 is 0. The topological polar surface area (TPSA) is 63.2 Å². The van der Waals surface area contributed by atoms with Crippen LogP contribution in [0.1, 0.15) is 13.8 Å². The normalized spacial score (nSPS) is 10.8. The van der Waals surface area contributed by atoms with E-state index in [1.807, 2.05) is 13.8 Å². The van der Waals surface area contributed by atoms with Gasteiger partial charge in [0.1, 0.15) is 0 Å². The van der Waals surface area contributed by atoms with Gasteiger partial charge in [-0.15, -0.1) is 0 Å². The van der Waals surface area contributed by atoms with Crippen LogP contribution in [0.5, 0.6) is 0 Å². The minimum Gasteiger partial charge on any atom is -0.322 e. The number of carbonyl (C=O) groups excluding carboxylic acids is 1. The van der Waals surface area contributed by atoms with Crippen LogP contribution in [0.4, 0.5) is 5.69 Å². The van der Waals surface area contributed by atoms with Crippen LogP contribution in [0.3, 0.4) is 0 Å². The molecule has 5 heteroatoms. The van der Waals surface area contributed by atoms with E-state index < -0.39 is 9.84 Å². The van der Waals surface area contributed by atoms with Crippen molar-refractivity contribution in [2.24, 2.45) is 0 Å². The second-order valence-electron chi connectivity index (χ2n) is 4.01. The second-order valence-corrected chi connectivity index (χ2v) is 6.03. The third-order valence-corrected chi connectivity index (χ3v) is 3.06. The zero-order valence-corrected chi connectivity index (χ0v) is 10.8. The summed E-state index contributed by atoms with van der Waals surface area (Å²) in [5.74, 6) is -0.268. The maximum Gasteiger partial charge on any atom is 0.248 e. The van der Waals surface area contributed by atoms with Crippen LogP contribution in [0, 0.1) is 0 Å². The molecule has 0 aromatic heterocycles. The number of benzene rings is 1. The number of anilines is 1. The third-order valence-electron chi connectivity index (χ3n) is 1.95. The van der Waals surface area contributed by atoms with Gasteiger partial charge >= 0.3 is 0 Å². The molecule has 0 bridgehead atoms. The van der Waals surface area contributed by atoms with Crippen LogP contribution in [0.15, 0.2) is 40.8 Å². The van der Waals surface area contributed by atoms with Gasteiger partial charge in [-0.05, 0) is 32.0 Å². The molecule has 1 aromatic carbocycles. The van der Waals surface area contributed by atoms with E-state index in [1.165, 1.54) is 18.2 Å². The van der Waals surface area contributed by atoms with Gasteiger partial charge in [-0.1, -0.05) is 11.6 Å². The maximum absolute atomic E-state index is 11.4. The molecule has 0 heterocycles. The summed E-state index contributed by atoms with van der Waals surface area (Å²) in [7, 11) is -3.25. The summed E-state index contributed by atoms with van der Waals surface area (Å²) in [6.07, 6.45) is 2.58. The first-order valence-electron chi connectivity index (χ1n) is 5.05. The van der Waals surface area contributed by atoms with Gasteiger partial charge < -0.3 is 5.32 Å². The Balaban J connectivity index is 2.95. The number of hydrogen-bond acceptors (Lipinski definition) is 3. The molecule has 1 aromatic rings.